The van der Waals surface area contributed by atoms with Crippen molar-refractivity contribution in [3.8, 4) is 0 Å². The molecular weight excluding hydrogens is 224 g/mol. The largest absolute Gasteiger partial charge is 0.393 e. The molecule has 17 heavy (non-hydrogen) atoms. The number of aliphatic hydroxyl groups is 1. The van der Waals surface area contributed by atoms with Crippen LogP contribution in [-0.2, 0) is 11.5 Å². The van der Waals surface area contributed by atoms with E-state index in [0.717, 1.165) is 0 Å². The lowest BCUT2D eigenvalue weighted by atomic mass is 10.2. The Balaban J connectivity index is 2.83. The highest BCUT2D eigenvalue weighted by Gasteiger charge is 2.09. The molecule has 0 saturated heterocycles. The van der Waals surface area contributed by atoms with Gasteiger partial charge < -0.3 is 9.84 Å². The van der Waals surface area contributed by atoms with Gasteiger partial charge in [-0.2, -0.15) is 0 Å². The summed E-state index contributed by atoms with van der Waals surface area (Å²) < 4.78 is 6.53. The van der Waals surface area contributed by atoms with Gasteiger partial charge in [0.1, 0.15) is 12.8 Å². The Morgan fingerprint density at radius 1 is 1.65 bits per heavy atom. The number of nitrogens with one attached hydrogen (secondary N) is 1. The molecule has 1 aromatic rings. The summed E-state index contributed by atoms with van der Waals surface area (Å²) in [5.41, 5.74) is 0.134. The normalized spacial score (nSPS) is 12.4. The second kappa shape index (κ2) is 5.60. The zero-order valence-electron chi connectivity index (χ0n) is 9.90. The van der Waals surface area contributed by atoms with E-state index in [9.17, 15) is 9.59 Å². The molecule has 6 heteroatoms. The molecule has 0 aliphatic heterocycles. The first-order chi connectivity index (χ1) is 7.95. The van der Waals surface area contributed by atoms with Gasteiger partial charge in [0, 0.05) is 11.8 Å². The van der Waals surface area contributed by atoms with Crippen molar-refractivity contribution in [1.29, 1.82) is 0 Å². The maximum atomic E-state index is 11.4. The zero-order valence-corrected chi connectivity index (χ0v) is 9.90. The lowest BCUT2D eigenvalue weighted by molar-refractivity contribution is -0.00484. The van der Waals surface area contributed by atoms with Crippen molar-refractivity contribution < 1.29 is 9.84 Å². The third-order valence-corrected chi connectivity index (χ3v) is 2.32. The Morgan fingerprint density at radius 3 is 2.82 bits per heavy atom. The van der Waals surface area contributed by atoms with Crippen LogP contribution < -0.4 is 11.2 Å². The van der Waals surface area contributed by atoms with Crippen LogP contribution in [0.15, 0.2) is 27.9 Å². The SMILES string of the molecule is C=C(C)C(CO)OCn1cc(C)c(=O)[nH]c1=O. The molecule has 0 bridgehead atoms. The van der Waals surface area contributed by atoms with Crippen molar-refractivity contribution in [2.75, 3.05) is 6.61 Å². The van der Waals surface area contributed by atoms with Crippen molar-refractivity contribution in [3.63, 3.8) is 0 Å². The van der Waals surface area contributed by atoms with Crippen LogP contribution in [0, 0.1) is 6.92 Å². The summed E-state index contributed by atoms with van der Waals surface area (Å²) in [4.78, 5) is 24.7. The van der Waals surface area contributed by atoms with Gasteiger partial charge in [-0.3, -0.25) is 14.3 Å². The fraction of sp³-hybridized carbons (Fsp3) is 0.455. The van der Waals surface area contributed by atoms with E-state index in [1.54, 1.807) is 13.8 Å². The molecule has 0 fully saturated rings. The molecule has 0 amide bonds. The summed E-state index contributed by atoms with van der Waals surface area (Å²) in [6, 6.07) is 0. The average molecular weight is 240 g/mol. The summed E-state index contributed by atoms with van der Waals surface area (Å²) in [5.74, 6) is 0. The third-order valence-electron chi connectivity index (χ3n) is 2.32. The Morgan fingerprint density at radius 2 is 2.29 bits per heavy atom. The second-order valence-electron chi connectivity index (χ2n) is 3.85. The lowest BCUT2D eigenvalue weighted by Gasteiger charge is -2.16. The van der Waals surface area contributed by atoms with Crippen LogP contribution in [0.3, 0.4) is 0 Å². The number of nitrogens with zero attached hydrogens (tertiary/aromatic N) is 1. The van der Waals surface area contributed by atoms with Crippen LogP contribution in [0.4, 0.5) is 0 Å². The average Bonchev–Trinajstić information content (AvgIpc) is 2.25. The number of H-pyrrole nitrogens is 1. The van der Waals surface area contributed by atoms with E-state index in [1.807, 2.05) is 0 Å². The number of rotatable bonds is 5. The Hall–Kier alpha value is -1.66. The fourth-order valence-corrected chi connectivity index (χ4v) is 1.24. The van der Waals surface area contributed by atoms with Crippen LogP contribution in [0.25, 0.3) is 0 Å². The van der Waals surface area contributed by atoms with E-state index in [0.29, 0.717) is 11.1 Å². The molecule has 0 aromatic carbocycles. The Labute approximate surface area is 98.2 Å². The standard InChI is InChI=1S/C11H16N2O4/c1-7(2)9(5-14)17-6-13-4-8(3)10(15)12-11(13)16/h4,9,14H,1,5-6H2,2-3H3,(H,12,15,16). The highest BCUT2D eigenvalue weighted by molar-refractivity contribution is 5.01. The van der Waals surface area contributed by atoms with Crippen molar-refractivity contribution in [3.05, 3.63) is 44.8 Å². The number of aromatic nitrogens is 2. The van der Waals surface area contributed by atoms with E-state index in [4.69, 9.17) is 9.84 Å². The molecule has 2 N–H and O–H groups in total. The highest BCUT2D eigenvalue weighted by Crippen LogP contribution is 2.03. The van der Waals surface area contributed by atoms with Gasteiger partial charge in [0.25, 0.3) is 5.56 Å². The van der Waals surface area contributed by atoms with Crippen molar-refractivity contribution in [2.24, 2.45) is 0 Å². The van der Waals surface area contributed by atoms with E-state index in [2.05, 4.69) is 11.6 Å². The van der Waals surface area contributed by atoms with Crippen LogP contribution >= 0.6 is 0 Å². The van der Waals surface area contributed by atoms with Gasteiger partial charge in [0.15, 0.2) is 0 Å². The maximum absolute atomic E-state index is 11.4. The minimum Gasteiger partial charge on any atom is -0.393 e. The smallest absolute Gasteiger partial charge is 0.330 e. The monoisotopic (exact) mass is 240 g/mol. The molecule has 0 aliphatic rings. The molecule has 1 rings (SSSR count). The minimum absolute atomic E-state index is 0.0471. The molecular formula is C11H16N2O4. The molecule has 0 radical (unpaired) electrons. The first kappa shape index (κ1) is 13.4. The molecule has 1 atom stereocenters. The topological polar surface area (TPSA) is 84.3 Å². The van der Waals surface area contributed by atoms with Crippen LogP contribution in [0.5, 0.6) is 0 Å². The predicted octanol–water partition coefficient (Wildman–Crippen LogP) is -0.244. The van der Waals surface area contributed by atoms with Gasteiger partial charge in [-0.1, -0.05) is 6.58 Å². The van der Waals surface area contributed by atoms with Gasteiger partial charge in [-0.05, 0) is 19.4 Å². The van der Waals surface area contributed by atoms with Crippen molar-refractivity contribution in [1.82, 2.24) is 9.55 Å². The molecule has 0 spiro atoms. The second-order valence-corrected chi connectivity index (χ2v) is 3.85. The first-order valence-electron chi connectivity index (χ1n) is 5.14. The van der Waals surface area contributed by atoms with Crippen molar-refractivity contribution >= 4 is 0 Å². The van der Waals surface area contributed by atoms with Gasteiger partial charge in [0.2, 0.25) is 0 Å². The predicted molar refractivity (Wildman–Crippen MR) is 62.8 cm³/mol. The van der Waals surface area contributed by atoms with Gasteiger partial charge in [-0.25, -0.2) is 4.79 Å². The number of ether oxygens (including phenoxy) is 1. The number of aliphatic hydroxyl groups excluding tert-OH is 1. The third kappa shape index (κ3) is 3.40. The molecule has 0 saturated carbocycles. The summed E-state index contributed by atoms with van der Waals surface area (Å²) in [6.07, 6.45) is 0.891. The van der Waals surface area contributed by atoms with E-state index in [1.165, 1.54) is 10.8 Å². The number of aromatic amines is 1. The molecule has 1 unspecified atom stereocenters. The van der Waals surface area contributed by atoms with E-state index in [-0.39, 0.29) is 13.3 Å². The Kier molecular flexibility index (Phi) is 4.42. The number of aryl methyl sites for hydroxylation is 1. The lowest BCUT2D eigenvalue weighted by Crippen LogP contribution is -2.33. The quantitative estimate of drug-likeness (QED) is 0.695. The van der Waals surface area contributed by atoms with Crippen LogP contribution in [0.2, 0.25) is 0 Å². The summed E-state index contributed by atoms with van der Waals surface area (Å²) in [6.45, 7) is 6.73. The number of hydrogen-bond donors (Lipinski definition) is 2. The van der Waals surface area contributed by atoms with Crippen LogP contribution in [-0.4, -0.2) is 27.4 Å². The van der Waals surface area contributed by atoms with Gasteiger partial charge in [-0.15, -0.1) is 0 Å². The Bertz CT molecular complexity index is 515. The molecule has 1 heterocycles. The van der Waals surface area contributed by atoms with Crippen molar-refractivity contribution in [2.45, 2.75) is 26.7 Å². The van der Waals surface area contributed by atoms with E-state index < -0.39 is 17.4 Å². The summed E-state index contributed by atoms with van der Waals surface area (Å²) in [5, 5.41) is 9.01. The zero-order chi connectivity index (χ0) is 13.0. The number of hydrogen-bond acceptors (Lipinski definition) is 4. The maximum Gasteiger partial charge on any atom is 0.330 e. The molecule has 0 aliphatic carbocycles. The van der Waals surface area contributed by atoms with Gasteiger partial charge in [0.05, 0.1) is 6.61 Å². The fourth-order valence-electron chi connectivity index (χ4n) is 1.24. The summed E-state index contributed by atoms with van der Waals surface area (Å²) >= 11 is 0. The minimum atomic E-state index is -0.543. The molecule has 1 aromatic heterocycles. The van der Waals surface area contributed by atoms with E-state index >= 15 is 0 Å². The van der Waals surface area contributed by atoms with Crippen LogP contribution in [0.1, 0.15) is 12.5 Å². The molecule has 6 nitrogen and oxygen atoms in total. The highest BCUT2D eigenvalue weighted by atomic mass is 16.5. The van der Waals surface area contributed by atoms with Gasteiger partial charge >= 0.3 is 5.69 Å². The summed E-state index contributed by atoms with van der Waals surface area (Å²) in [7, 11) is 0. The molecule has 94 valence electrons. The first-order valence-corrected chi connectivity index (χ1v) is 5.14.